The maximum atomic E-state index is 13.8. The zero-order valence-corrected chi connectivity index (χ0v) is 12.0. The van der Waals surface area contributed by atoms with Crippen LogP contribution in [0.2, 0.25) is 0 Å². The molecule has 0 atom stereocenters. The SMILES string of the molecule is Cc1ncnc(Oc2c(N)cc(C#N)cc2I)c1F. The van der Waals surface area contributed by atoms with Gasteiger partial charge in [0.15, 0.2) is 5.75 Å². The van der Waals surface area contributed by atoms with Crippen LogP contribution >= 0.6 is 22.6 Å². The monoisotopic (exact) mass is 370 g/mol. The summed E-state index contributed by atoms with van der Waals surface area (Å²) in [6, 6.07) is 5.04. The van der Waals surface area contributed by atoms with E-state index in [1.807, 2.05) is 28.7 Å². The number of nitrogens with two attached hydrogens (primary N) is 1. The fraction of sp³-hybridized carbons (Fsp3) is 0.0833. The second-order valence-electron chi connectivity index (χ2n) is 3.67. The number of halogens is 2. The van der Waals surface area contributed by atoms with Crippen molar-refractivity contribution in [2.75, 3.05) is 5.73 Å². The molecule has 0 aliphatic heterocycles. The minimum Gasteiger partial charge on any atom is -0.433 e. The smallest absolute Gasteiger partial charge is 0.259 e. The van der Waals surface area contributed by atoms with Crippen molar-refractivity contribution in [1.82, 2.24) is 9.97 Å². The number of rotatable bonds is 2. The van der Waals surface area contributed by atoms with Crippen molar-refractivity contribution in [1.29, 1.82) is 5.26 Å². The number of ether oxygens (including phenoxy) is 1. The van der Waals surface area contributed by atoms with Crippen molar-refractivity contribution in [2.24, 2.45) is 0 Å². The molecular weight excluding hydrogens is 362 g/mol. The highest BCUT2D eigenvalue weighted by molar-refractivity contribution is 14.1. The Labute approximate surface area is 122 Å². The first kappa shape index (κ1) is 13.5. The highest BCUT2D eigenvalue weighted by Gasteiger charge is 2.15. The summed E-state index contributed by atoms with van der Waals surface area (Å²) >= 11 is 1.96. The molecule has 0 aliphatic carbocycles. The number of aryl methyl sites for hydroxylation is 1. The molecule has 0 spiro atoms. The molecular formula is C12H8FIN4O. The minimum absolute atomic E-state index is 0.187. The Bertz CT molecular complexity index is 661. The summed E-state index contributed by atoms with van der Waals surface area (Å²) in [6.07, 6.45) is 1.21. The first-order valence-electron chi connectivity index (χ1n) is 5.17. The van der Waals surface area contributed by atoms with Crippen LogP contribution in [0.5, 0.6) is 11.6 Å². The summed E-state index contributed by atoms with van der Waals surface area (Å²) in [5, 5.41) is 8.82. The van der Waals surface area contributed by atoms with Crippen LogP contribution in [0.25, 0.3) is 0 Å². The molecule has 0 aliphatic rings. The van der Waals surface area contributed by atoms with Gasteiger partial charge in [-0.25, -0.2) is 4.98 Å². The third kappa shape index (κ3) is 2.73. The number of aromatic nitrogens is 2. The van der Waals surface area contributed by atoms with Crippen LogP contribution in [-0.2, 0) is 0 Å². The van der Waals surface area contributed by atoms with Gasteiger partial charge in [0.25, 0.3) is 5.88 Å². The fourth-order valence-corrected chi connectivity index (χ4v) is 2.15. The van der Waals surface area contributed by atoms with Crippen molar-refractivity contribution in [3.8, 4) is 17.7 Å². The number of nitrogens with zero attached hydrogens (tertiary/aromatic N) is 3. The van der Waals surface area contributed by atoms with Gasteiger partial charge in [-0.2, -0.15) is 14.6 Å². The topological polar surface area (TPSA) is 84.8 Å². The van der Waals surface area contributed by atoms with Gasteiger partial charge in [0.2, 0.25) is 5.82 Å². The highest BCUT2D eigenvalue weighted by Crippen LogP contribution is 2.33. The van der Waals surface area contributed by atoms with Crippen molar-refractivity contribution in [2.45, 2.75) is 6.92 Å². The van der Waals surface area contributed by atoms with Gasteiger partial charge in [-0.1, -0.05) is 0 Å². The van der Waals surface area contributed by atoms with Crippen molar-refractivity contribution in [3.05, 3.63) is 39.1 Å². The largest absolute Gasteiger partial charge is 0.433 e. The van der Waals surface area contributed by atoms with E-state index >= 15 is 0 Å². The Morgan fingerprint density at radius 2 is 2.16 bits per heavy atom. The van der Waals surface area contributed by atoms with Crippen molar-refractivity contribution < 1.29 is 9.13 Å². The number of nitriles is 1. The van der Waals surface area contributed by atoms with Crippen molar-refractivity contribution >= 4 is 28.3 Å². The number of hydrogen-bond donors (Lipinski definition) is 1. The van der Waals surface area contributed by atoms with Crippen LogP contribution in [0.15, 0.2) is 18.5 Å². The summed E-state index contributed by atoms with van der Waals surface area (Å²) in [7, 11) is 0. The lowest BCUT2D eigenvalue weighted by molar-refractivity contribution is 0.416. The zero-order valence-electron chi connectivity index (χ0n) is 9.82. The first-order valence-corrected chi connectivity index (χ1v) is 6.25. The highest BCUT2D eigenvalue weighted by atomic mass is 127. The van der Waals surface area contributed by atoms with Crippen LogP contribution in [0, 0.1) is 27.6 Å². The number of benzene rings is 1. The van der Waals surface area contributed by atoms with Crippen LogP contribution in [0.1, 0.15) is 11.3 Å². The zero-order chi connectivity index (χ0) is 14.0. The molecule has 0 saturated carbocycles. The standard InChI is InChI=1S/C12H8FIN4O/c1-6-10(13)12(18-5-17-6)19-11-8(14)2-7(4-15)3-9(11)16/h2-3,5H,16H2,1H3. The van der Waals surface area contributed by atoms with Crippen molar-refractivity contribution in [3.63, 3.8) is 0 Å². The van der Waals surface area contributed by atoms with E-state index in [0.717, 1.165) is 0 Å². The predicted octanol–water partition coefficient (Wildman–Crippen LogP) is 2.77. The normalized spacial score (nSPS) is 10.0. The maximum absolute atomic E-state index is 13.8. The van der Waals surface area contributed by atoms with E-state index in [-0.39, 0.29) is 23.0 Å². The van der Waals surface area contributed by atoms with E-state index in [0.29, 0.717) is 9.13 Å². The van der Waals surface area contributed by atoms with E-state index in [1.165, 1.54) is 19.3 Å². The van der Waals surface area contributed by atoms with Crippen LogP contribution in [-0.4, -0.2) is 9.97 Å². The quantitative estimate of drug-likeness (QED) is 0.649. The Balaban J connectivity index is 2.45. The lowest BCUT2D eigenvalue weighted by Gasteiger charge is -2.11. The first-order chi connectivity index (χ1) is 9.02. The molecule has 96 valence electrons. The second-order valence-corrected chi connectivity index (χ2v) is 4.83. The van der Waals surface area contributed by atoms with Gasteiger partial charge in [-0.05, 0) is 41.6 Å². The number of hydrogen-bond acceptors (Lipinski definition) is 5. The average molecular weight is 370 g/mol. The maximum Gasteiger partial charge on any atom is 0.259 e. The Morgan fingerprint density at radius 1 is 1.42 bits per heavy atom. The van der Waals surface area contributed by atoms with Crippen LogP contribution in [0.4, 0.5) is 10.1 Å². The third-order valence-electron chi connectivity index (χ3n) is 2.33. The molecule has 19 heavy (non-hydrogen) atoms. The number of nitrogen functional groups attached to an aromatic ring is 1. The summed E-state index contributed by atoms with van der Waals surface area (Å²) in [5.41, 5.74) is 6.63. The molecule has 0 bridgehead atoms. The second kappa shape index (κ2) is 5.36. The number of anilines is 1. The molecule has 0 radical (unpaired) electrons. The molecule has 5 nitrogen and oxygen atoms in total. The molecule has 1 heterocycles. The summed E-state index contributed by atoms with van der Waals surface area (Å²) in [5.74, 6) is -0.555. The Kier molecular flexibility index (Phi) is 3.80. The van der Waals surface area contributed by atoms with E-state index < -0.39 is 5.82 Å². The van der Waals surface area contributed by atoms with E-state index in [4.69, 9.17) is 15.7 Å². The van der Waals surface area contributed by atoms with Gasteiger partial charge >= 0.3 is 0 Å². The van der Waals surface area contributed by atoms with Gasteiger partial charge in [-0.3, -0.25) is 0 Å². The predicted molar refractivity (Wildman–Crippen MR) is 75.1 cm³/mol. The van der Waals surface area contributed by atoms with Gasteiger partial charge in [0.05, 0.1) is 26.6 Å². The van der Waals surface area contributed by atoms with Gasteiger partial charge in [0, 0.05) is 0 Å². The minimum atomic E-state index is -0.637. The average Bonchev–Trinajstić information content (AvgIpc) is 2.38. The van der Waals surface area contributed by atoms with E-state index in [1.54, 1.807) is 6.07 Å². The van der Waals surface area contributed by atoms with Crippen LogP contribution < -0.4 is 10.5 Å². The van der Waals surface area contributed by atoms with Crippen LogP contribution in [0.3, 0.4) is 0 Å². The summed E-state index contributed by atoms with van der Waals surface area (Å²) in [6.45, 7) is 1.51. The Morgan fingerprint density at radius 3 is 2.79 bits per heavy atom. The molecule has 0 fully saturated rings. The molecule has 7 heteroatoms. The molecule has 2 aromatic rings. The molecule has 0 amide bonds. The molecule has 0 saturated heterocycles. The van der Waals surface area contributed by atoms with Gasteiger partial charge < -0.3 is 10.5 Å². The lowest BCUT2D eigenvalue weighted by atomic mass is 10.2. The molecule has 0 unspecified atom stereocenters. The van der Waals surface area contributed by atoms with Gasteiger partial charge in [0.1, 0.15) is 6.33 Å². The van der Waals surface area contributed by atoms with E-state index in [9.17, 15) is 4.39 Å². The molecule has 2 N–H and O–H groups in total. The fourth-order valence-electron chi connectivity index (χ4n) is 1.39. The van der Waals surface area contributed by atoms with E-state index in [2.05, 4.69) is 9.97 Å². The summed E-state index contributed by atoms with van der Waals surface area (Å²) in [4.78, 5) is 7.44. The summed E-state index contributed by atoms with van der Waals surface area (Å²) < 4.78 is 19.7. The molecule has 1 aromatic carbocycles. The molecule has 1 aromatic heterocycles. The lowest BCUT2D eigenvalue weighted by Crippen LogP contribution is -2.01. The third-order valence-corrected chi connectivity index (χ3v) is 3.13. The molecule has 2 rings (SSSR count). The Hall–Kier alpha value is -1.95. The van der Waals surface area contributed by atoms with Gasteiger partial charge in [-0.15, -0.1) is 0 Å².